The lowest BCUT2D eigenvalue weighted by Gasteiger charge is -2.28. The van der Waals surface area contributed by atoms with Crippen molar-refractivity contribution < 1.29 is 4.74 Å². The first kappa shape index (κ1) is 19.6. The van der Waals surface area contributed by atoms with Crippen LogP contribution in [-0.4, -0.2) is 52.8 Å². The molecule has 2 aromatic heterocycles. The van der Waals surface area contributed by atoms with Gasteiger partial charge in [-0.1, -0.05) is 36.9 Å². The Morgan fingerprint density at radius 1 is 1.13 bits per heavy atom. The molecule has 5 rings (SSSR count). The van der Waals surface area contributed by atoms with Crippen LogP contribution in [0.15, 0.2) is 72.7 Å². The number of anilines is 1. The predicted molar refractivity (Wildman–Crippen MR) is 125 cm³/mol. The van der Waals surface area contributed by atoms with Gasteiger partial charge in [0.15, 0.2) is 5.65 Å². The average molecular weight is 414 g/mol. The summed E-state index contributed by atoms with van der Waals surface area (Å²) in [5.74, 6) is 0.921. The van der Waals surface area contributed by atoms with Crippen molar-refractivity contribution in [1.82, 2.24) is 19.4 Å². The van der Waals surface area contributed by atoms with Crippen molar-refractivity contribution in [2.24, 2.45) is 0 Å². The Kier molecular flexibility index (Phi) is 5.08. The molecule has 0 radical (unpaired) electrons. The molecule has 0 aliphatic carbocycles. The number of hydrogen-bond acceptors (Lipinski definition) is 5. The fourth-order valence-corrected chi connectivity index (χ4v) is 4.17. The molecule has 0 N–H and O–H groups in total. The summed E-state index contributed by atoms with van der Waals surface area (Å²) in [5.41, 5.74) is 7.33. The molecule has 1 aromatic carbocycles. The number of nitrogens with zero attached hydrogens (tertiary/aromatic N) is 5. The first-order valence-corrected chi connectivity index (χ1v) is 10.7. The number of fused-ring (bicyclic) bond motifs is 1. The molecule has 2 aliphatic heterocycles. The van der Waals surface area contributed by atoms with Crippen molar-refractivity contribution in [2.75, 3.05) is 38.3 Å². The van der Waals surface area contributed by atoms with Crippen LogP contribution in [0.25, 0.3) is 16.7 Å². The molecule has 31 heavy (non-hydrogen) atoms. The van der Waals surface area contributed by atoms with Gasteiger partial charge in [-0.15, -0.1) is 0 Å². The summed E-state index contributed by atoms with van der Waals surface area (Å²) in [7, 11) is 2.03. The van der Waals surface area contributed by atoms with Gasteiger partial charge < -0.3 is 19.1 Å². The van der Waals surface area contributed by atoms with Gasteiger partial charge in [0.05, 0.1) is 31.6 Å². The average Bonchev–Trinajstić information content (AvgIpc) is 3.16. The van der Waals surface area contributed by atoms with Crippen molar-refractivity contribution >= 4 is 22.4 Å². The van der Waals surface area contributed by atoms with E-state index in [0.717, 1.165) is 65.8 Å². The van der Waals surface area contributed by atoms with E-state index in [1.807, 2.05) is 19.3 Å². The van der Waals surface area contributed by atoms with E-state index in [9.17, 15) is 0 Å². The highest BCUT2D eigenvalue weighted by molar-refractivity contribution is 5.83. The molecular weight excluding hydrogens is 386 g/mol. The molecule has 6 nitrogen and oxygen atoms in total. The molecule has 0 spiro atoms. The number of hydrogen-bond donors (Lipinski definition) is 0. The summed E-state index contributed by atoms with van der Waals surface area (Å²) < 4.78 is 7.71. The second-order valence-corrected chi connectivity index (χ2v) is 8.11. The van der Waals surface area contributed by atoms with E-state index in [2.05, 4.69) is 70.5 Å². The van der Waals surface area contributed by atoms with Gasteiger partial charge in [0, 0.05) is 37.6 Å². The quantitative estimate of drug-likeness (QED) is 0.645. The normalized spacial score (nSPS) is 17.2. The van der Waals surface area contributed by atoms with Crippen molar-refractivity contribution in [3.8, 4) is 0 Å². The van der Waals surface area contributed by atoms with Crippen LogP contribution in [0.4, 0.5) is 5.69 Å². The van der Waals surface area contributed by atoms with Gasteiger partial charge in [-0.05, 0) is 30.2 Å². The Morgan fingerprint density at radius 3 is 2.65 bits per heavy atom. The van der Waals surface area contributed by atoms with E-state index >= 15 is 0 Å². The zero-order valence-corrected chi connectivity index (χ0v) is 18.1. The number of pyridine rings is 1. The third-order valence-electron chi connectivity index (χ3n) is 5.97. The van der Waals surface area contributed by atoms with E-state index in [1.54, 1.807) is 0 Å². The molecule has 158 valence electrons. The molecule has 6 heteroatoms. The number of morpholine rings is 1. The van der Waals surface area contributed by atoms with Gasteiger partial charge in [0.25, 0.3) is 0 Å². The number of allylic oxidation sites excluding steroid dienone is 3. The van der Waals surface area contributed by atoms with E-state index < -0.39 is 0 Å². The first-order valence-electron chi connectivity index (χ1n) is 10.7. The van der Waals surface area contributed by atoms with Gasteiger partial charge >= 0.3 is 0 Å². The van der Waals surface area contributed by atoms with Crippen LogP contribution in [0.1, 0.15) is 18.3 Å². The molecule has 4 heterocycles. The minimum atomic E-state index is 0.714. The fourth-order valence-electron chi connectivity index (χ4n) is 4.17. The second-order valence-electron chi connectivity index (χ2n) is 8.11. The van der Waals surface area contributed by atoms with Crippen molar-refractivity contribution in [1.29, 1.82) is 0 Å². The number of aromatic nitrogens is 3. The lowest BCUT2D eigenvalue weighted by molar-refractivity contribution is 0.122. The summed E-state index contributed by atoms with van der Waals surface area (Å²) in [6, 6.07) is 12.6. The maximum Gasteiger partial charge on any atom is 0.160 e. The van der Waals surface area contributed by atoms with Crippen LogP contribution >= 0.6 is 0 Å². The smallest absolute Gasteiger partial charge is 0.160 e. The maximum atomic E-state index is 5.50. The molecular formula is C25H27N5O. The van der Waals surface area contributed by atoms with Gasteiger partial charge in [-0.2, -0.15) is 0 Å². The standard InChI is InChI=1S/C25H27N5O/c1-18-13-21(17-28(3)19(18)2)24-27-23-14-22(29-9-11-31-12-10-29)15-26-25(23)30(24)16-20-7-5-4-6-8-20/h4-8,13-15,17H,2,9-12,16H2,1,3H3. The lowest BCUT2D eigenvalue weighted by Crippen LogP contribution is -2.36. The van der Waals surface area contributed by atoms with Crippen LogP contribution < -0.4 is 4.90 Å². The van der Waals surface area contributed by atoms with Crippen molar-refractivity contribution in [3.63, 3.8) is 0 Å². The molecule has 0 atom stereocenters. The summed E-state index contributed by atoms with van der Waals surface area (Å²) in [6.45, 7) is 10.2. The number of ether oxygens (including phenoxy) is 1. The molecule has 1 fully saturated rings. The molecule has 1 saturated heterocycles. The first-order chi connectivity index (χ1) is 15.1. The minimum Gasteiger partial charge on any atom is -0.378 e. The second kappa shape index (κ2) is 8.04. The van der Waals surface area contributed by atoms with Crippen LogP contribution in [0.5, 0.6) is 0 Å². The number of likely N-dealkylation sites (N-methyl/N-ethyl adjacent to an activating group) is 1. The maximum absolute atomic E-state index is 5.50. The minimum absolute atomic E-state index is 0.714. The van der Waals surface area contributed by atoms with Crippen LogP contribution in [0, 0.1) is 0 Å². The third kappa shape index (κ3) is 3.75. The third-order valence-corrected chi connectivity index (χ3v) is 5.97. The molecule has 0 unspecified atom stereocenters. The van der Waals surface area contributed by atoms with Crippen LogP contribution in [0.3, 0.4) is 0 Å². The Bertz CT molecular complexity index is 1190. The van der Waals surface area contributed by atoms with E-state index in [0.29, 0.717) is 6.54 Å². The topological polar surface area (TPSA) is 46.4 Å². The Hall–Kier alpha value is -3.38. The lowest BCUT2D eigenvalue weighted by atomic mass is 10.1. The van der Waals surface area contributed by atoms with Crippen LogP contribution in [-0.2, 0) is 11.3 Å². The number of rotatable bonds is 4. The number of benzene rings is 1. The largest absolute Gasteiger partial charge is 0.378 e. The van der Waals surface area contributed by atoms with Gasteiger partial charge in [-0.25, -0.2) is 9.97 Å². The predicted octanol–water partition coefficient (Wildman–Crippen LogP) is 4.06. The molecule has 0 amide bonds. The van der Waals surface area contributed by atoms with Crippen molar-refractivity contribution in [3.05, 3.63) is 84.1 Å². The highest BCUT2D eigenvalue weighted by Gasteiger charge is 2.21. The van der Waals surface area contributed by atoms with Gasteiger partial charge in [0.2, 0.25) is 0 Å². The van der Waals surface area contributed by atoms with Crippen molar-refractivity contribution in [2.45, 2.75) is 13.5 Å². The fraction of sp³-hybridized carbons (Fsp3) is 0.280. The summed E-state index contributed by atoms with van der Waals surface area (Å²) >= 11 is 0. The SMILES string of the molecule is C=C1C(C)=CC(c2nc3cc(N4CCOCC4)cnc3n2Cc2ccccc2)=CN1C. The van der Waals surface area contributed by atoms with Gasteiger partial charge in [0.1, 0.15) is 11.3 Å². The van der Waals surface area contributed by atoms with E-state index in [1.165, 1.54) is 5.56 Å². The summed E-state index contributed by atoms with van der Waals surface area (Å²) in [6.07, 6.45) is 6.22. The summed E-state index contributed by atoms with van der Waals surface area (Å²) in [5, 5.41) is 0. The molecule has 0 saturated carbocycles. The Balaban J connectivity index is 1.62. The van der Waals surface area contributed by atoms with E-state index in [-0.39, 0.29) is 0 Å². The molecule has 3 aromatic rings. The monoisotopic (exact) mass is 413 g/mol. The zero-order chi connectivity index (χ0) is 21.4. The Morgan fingerprint density at radius 2 is 1.90 bits per heavy atom. The zero-order valence-electron chi connectivity index (χ0n) is 18.1. The molecule has 2 aliphatic rings. The van der Waals surface area contributed by atoms with Crippen LogP contribution in [0.2, 0.25) is 0 Å². The van der Waals surface area contributed by atoms with E-state index in [4.69, 9.17) is 14.7 Å². The van der Waals surface area contributed by atoms with Gasteiger partial charge in [-0.3, -0.25) is 0 Å². The summed E-state index contributed by atoms with van der Waals surface area (Å²) in [4.78, 5) is 14.3. The number of imidazole rings is 1. The molecule has 0 bridgehead atoms. The Labute approximate surface area is 182 Å². The highest BCUT2D eigenvalue weighted by atomic mass is 16.5. The highest BCUT2D eigenvalue weighted by Crippen LogP contribution is 2.30.